The minimum Gasteiger partial charge on any atom is -0.348 e. The van der Waals surface area contributed by atoms with Crippen molar-refractivity contribution in [2.45, 2.75) is 37.4 Å². The van der Waals surface area contributed by atoms with E-state index in [2.05, 4.69) is 16.6 Å². The fourth-order valence-corrected chi connectivity index (χ4v) is 3.56. The third-order valence-corrected chi connectivity index (χ3v) is 4.64. The molecule has 0 unspecified atom stereocenters. The van der Waals surface area contributed by atoms with Crippen molar-refractivity contribution in [1.29, 1.82) is 0 Å². The molecular weight excluding hydrogens is 262 g/mol. The van der Waals surface area contributed by atoms with E-state index in [0.29, 0.717) is 17.6 Å². The summed E-state index contributed by atoms with van der Waals surface area (Å²) in [6.45, 7) is 0. The van der Waals surface area contributed by atoms with E-state index < -0.39 is 0 Å². The first-order chi connectivity index (χ1) is 10.2. The van der Waals surface area contributed by atoms with Crippen molar-refractivity contribution >= 4 is 11.4 Å². The monoisotopic (exact) mass is 279 g/mol. The Labute approximate surface area is 123 Å². The third kappa shape index (κ3) is 2.10. The van der Waals surface area contributed by atoms with Crippen LogP contribution in [0.4, 0.5) is 0 Å². The van der Waals surface area contributed by atoms with Crippen molar-refractivity contribution in [3.05, 3.63) is 41.7 Å². The number of carbonyl (C=O) groups is 1. The van der Waals surface area contributed by atoms with Crippen LogP contribution >= 0.6 is 0 Å². The first-order valence-electron chi connectivity index (χ1n) is 7.38. The highest BCUT2D eigenvalue weighted by atomic mass is 16.1. The van der Waals surface area contributed by atoms with Gasteiger partial charge in [-0.3, -0.25) is 4.79 Å². The molecule has 4 heteroatoms. The summed E-state index contributed by atoms with van der Waals surface area (Å²) in [5.74, 6) is 2.61. The summed E-state index contributed by atoms with van der Waals surface area (Å²) in [6, 6.07) is 6.94. The van der Waals surface area contributed by atoms with Gasteiger partial charge in [-0.2, -0.15) is 0 Å². The topological polar surface area (TPSA) is 45.5 Å². The second-order valence-electron chi connectivity index (χ2n) is 5.98. The number of hydrogen-bond donors (Lipinski definition) is 2. The normalized spacial score (nSPS) is 26.9. The number of nitrogens with zero attached hydrogens (tertiary/aromatic N) is 1. The van der Waals surface area contributed by atoms with E-state index in [1.54, 1.807) is 0 Å². The van der Waals surface area contributed by atoms with Crippen LogP contribution in [0.1, 0.15) is 35.2 Å². The van der Waals surface area contributed by atoms with Crippen LogP contribution in [-0.2, 0) is 0 Å². The van der Waals surface area contributed by atoms with Gasteiger partial charge in [0, 0.05) is 47.2 Å². The van der Waals surface area contributed by atoms with Gasteiger partial charge in [0.2, 0.25) is 0 Å². The molecule has 2 aliphatic heterocycles. The Morgan fingerprint density at radius 3 is 3.05 bits per heavy atom. The molecule has 1 amide bonds. The zero-order valence-electron chi connectivity index (χ0n) is 11.7. The number of amides is 1. The molecule has 3 atom stereocenters. The maximum atomic E-state index is 12.4. The summed E-state index contributed by atoms with van der Waals surface area (Å²) in [5, 5.41) is 6.70. The van der Waals surface area contributed by atoms with Gasteiger partial charge in [-0.15, -0.1) is 6.42 Å². The largest absolute Gasteiger partial charge is 0.348 e. The fourth-order valence-electron chi connectivity index (χ4n) is 3.56. The first kappa shape index (κ1) is 12.5. The molecule has 4 nitrogen and oxygen atoms in total. The number of pyridine rings is 1. The van der Waals surface area contributed by atoms with E-state index in [4.69, 9.17) is 6.42 Å². The van der Waals surface area contributed by atoms with Crippen LogP contribution in [0.2, 0.25) is 0 Å². The predicted molar refractivity (Wildman–Crippen MR) is 81.1 cm³/mol. The average Bonchev–Trinajstić information content (AvgIpc) is 3.20. The van der Waals surface area contributed by atoms with Crippen LogP contribution in [0.25, 0.3) is 5.52 Å². The second-order valence-corrected chi connectivity index (χ2v) is 5.98. The highest BCUT2D eigenvalue weighted by Gasteiger charge is 2.39. The van der Waals surface area contributed by atoms with E-state index in [0.717, 1.165) is 17.5 Å². The lowest BCUT2D eigenvalue weighted by molar-refractivity contribution is 0.0931. The lowest BCUT2D eigenvalue weighted by Crippen LogP contribution is -2.42. The minimum atomic E-state index is 0.000285. The van der Waals surface area contributed by atoms with Crippen LogP contribution in [0.3, 0.4) is 0 Å². The Morgan fingerprint density at radius 1 is 1.43 bits per heavy atom. The van der Waals surface area contributed by atoms with Gasteiger partial charge >= 0.3 is 0 Å². The van der Waals surface area contributed by atoms with Crippen molar-refractivity contribution in [2.24, 2.45) is 0 Å². The summed E-state index contributed by atoms with van der Waals surface area (Å²) in [5.41, 5.74) is 2.46. The summed E-state index contributed by atoms with van der Waals surface area (Å²) in [4.78, 5) is 12.4. The van der Waals surface area contributed by atoms with Crippen molar-refractivity contribution in [2.75, 3.05) is 0 Å². The summed E-state index contributed by atoms with van der Waals surface area (Å²) in [7, 11) is 0. The second kappa shape index (κ2) is 4.64. The maximum absolute atomic E-state index is 12.4. The number of carbonyl (C=O) groups excluding carboxylic acids is 1. The molecule has 2 aromatic heterocycles. The van der Waals surface area contributed by atoms with Gasteiger partial charge in [0.15, 0.2) is 0 Å². The molecule has 0 aliphatic carbocycles. The number of hydrogen-bond acceptors (Lipinski definition) is 2. The molecule has 0 radical (unpaired) electrons. The van der Waals surface area contributed by atoms with Crippen molar-refractivity contribution < 1.29 is 4.79 Å². The van der Waals surface area contributed by atoms with Crippen LogP contribution in [0.5, 0.6) is 0 Å². The molecule has 0 spiro atoms. The summed E-state index contributed by atoms with van der Waals surface area (Å²) in [6.07, 6.45) is 12.6. The molecular formula is C17H17N3O. The van der Waals surface area contributed by atoms with Gasteiger partial charge in [0.1, 0.15) is 0 Å². The van der Waals surface area contributed by atoms with Gasteiger partial charge in [-0.25, -0.2) is 0 Å². The van der Waals surface area contributed by atoms with Crippen molar-refractivity contribution in [3.63, 3.8) is 0 Å². The van der Waals surface area contributed by atoms with Crippen molar-refractivity contribution in [3.8, 4) is 12.3 Å². The Kier molecular flexibility index (Phi) is 2.76. The number of nitrogens with one attached hydrogen (secondary N) is 2. The Morgan fingerprint density at radius 2 is 2.33 bits per heavy atom. The lowest BCUT2D eigenvalue weighted by Gasteiger charge is -2.21. The Hall–Kier alpha value is -2.25. The van der Waals surface area contributed by atoms with Gasteiger partial charge in [-0.1, -0.05) is 5.92 Å². The van der Waals surface area contributed by atoms with Gasteiger partial charge in [-0.05, 0) is 37.5 Å². The predicted octanol–water partition coefficient (Wildman–Crippen LogP) is 1.54. The molecule has 106 valence electrons. The van der Waals surface area contributed by atoms with Gasteiger partial charge in [0.05, 0.1) is 0 Å². The van der Waals surface area contributed by atoms with E-state index in [1.807, 2.05) is 35.0 Å². The van der Waals surface area contributed by atoms with Gasteiger partial charge < -0.3 is 15.0 Å². The van der Waals surface area contributed by atoms with Crippen LogP contribution in [-0.4, -0.2) is 28.4 Å². The molecule has 2 aliphatic rings. The van der Waals surface area contributed by atoms with Crippen molar-refractivity contribution in [1.82, 2.24) is 15.0 Å². The molecule has 4 heterocycles. The molecule has 2 N–H and O–H groups in total. The quantitative estimate of drug-likeness (QED) is 0.819. The summed E-state index contributed by atoms with van der Waals surface area (Å²) < 4.78 is 1.94. The number of terminal acetylenes is 1. The smallest absolute Gasteiger partial charge is 0.251 e. The number of fused-ring (bicyclic) bond motifs is 3. The number of aromatic nitrogens is 1. The molecule has 0 aromatic carbocycles. The SMILES string of the molecule is C#Cc1cc2cc(C(=O)N[C@@H]3C[C@H]4CC[C@@H]3N4)ccn2c1. The van der Waals surface area contributed by atoms with Crippen LogP contribution in [0, 0.1) is 12.3 Å². The summed E-state index contributed by atoms with van der Waals surface area (Å²) >= 11 is 0. The molecule has 2 saturated heterocycles. The average molecular weight is 279 g/mol. The molecule has 2 bridgehead atoms. The standard InChI is InChI=1S/C17H17N3O/c1-2-11-7-14-8-12(5-6-20(14)10-11)17(21)19-16-9-13-3-4-15(16)18-13/h1,5-8,10,13,15-16,18H,3-4,9H2,(H,19,21)/t13-,15+,16-/m1/s1. The molecule has 21 heavy (non-hydrogen) atoms. The van der Waals surface area contributed by atoms with E-state index >= 15 is 0 Å². The molecule has 4 rings (SSSR count). The van der Waals surface area contributed by atoms with E-state index in [9.17, 15) is 4.79 Å². The first-order valence-corrected chi connectivity index (χ1v) is 7.38. The van der Waals surface area contributed by atoms with E-state index in [1.165, 1.54) is 12.8 Å². The maximum Gasteiger partial charge on any atom is 0.251 e. The minimum absolute atomic E-state index is 0.000285. The lowest BCUT2D eigenvalue weighted by atomic mass is 9.95. The zero-order valence-corrected chi connectivity index (χ0v) is 11.7. The highest BCUT2D eigenvalue weighted by molar-refractivity contribution is 5.95. The molecule has 0 saturated carbocycles. The van der Waals surface area contributed by atoms with Crippen LogP contribution < -0.4 is 10.6 Å². The van der Waals surface area contributed by atoms with E-state index in [-0.39, 0.29) is 11.9 Å². The fraction of sp³-hybridized carbons (Fsp3) is 0.353. The highest BCUT2D eigenvalue weighted by Crippen LogP contribution is 2.28. The third-order valence-electron chi connectivity index (χ3n) is 4.64. The Bertz CT molecular complexity index is 755. The molecule has 2 fully saturated rings. The Balaban J connectivity index is 1.55. The number of rotatable bonds is 2. The molecule has 2 aromatic rings. The van der Waals surface area contributed by atoms with Crippen LogP contribution in [0.15, 0.2) is 30.6 Å². The zero-order chi connectivity index (χ0) is 14.4. The van der Waals surface area contributed by atoms with Gasteiger partial charge in [0.25, 0.3) is 5.91 Å².